The third kappa shape index (κ3) is 45.5. The lowest BCUT2D eigenvalue weighted by molar-refractivity contribution is -0.167. The van der Waals surface area contributed by atoms with Crippen LogP contribution in [0.25, 0.3) is 0 Å². The van der Waals surface area contributed by atoms with E-state index in [4.69, 9.17) is 14.2 Å². The molecule has 344 valence electrons. The zero-order valence-corrected chi connectivity index (χ0v) is 39.7. The predicted octanol–water partition coefficient (Wildman–Crippen LogP) is 16.5. The molecule has 0 aliphatic carbocycles. The Morgan fingerprint density at radius 3 is 0.845 bits per heavy atom. The molecule has 6 heteroatoms. The van der Waals surface area contributed by atoms with E-state index in [9.17, 15) is 14.4 Å². The second-order valence-corrected chi connectivity index (χ2v) is 18.8. The lowest BCUT2D eigenvalue weighted by atomic mass is 10.0. The molecular formula is C52H100O6. The molecule has 0 aliphatic rings. The number of rotatable bonds is 46. The Kier molecular flexibility index (Phi) is 43.7. The van der Waals surface area contributed by atoms with Crippen LogP contribution in [0.1, 0.15) is 285 Å². The smallest absolute Gasteiger partial charge is 0.306 e. The van der Waals surface area contributed by atoms with Gasteiger partial charge in [0.05, 0.1) is 0 Å². The summed E-state index contributed by atoms with van der Waals surface area (Å²) < 4.78 is 16.8. The minimum atomic E-state index is -0.761. The van der Waals surface area contributed by atoms with Gasteiger partial charge in [0.25, 0.3) is 0 Å². The van der Waals surface area contributed by atoms with Crippen molar-refractivity contribution in [2.75, 3.05) is 13.2 Å². The Labute approximate surface area is 361 Å². The largest absolute Gasteiger partial charge is 0.462 e. The first kappa shape index (κ1) is 56.4. The molecule has 6 nitrogen and oxygen atoms in total. The van der Waals surface area contributed by atoms with Crippen LogP contribution in [0.2, 0.25) is 0 Å². The maximum atomic E-state index is 12.8. The third-order valence-corrected chi connectivity index (χ3v) is 11.7. The number of ether oxygens (including phenoxy) is 3. The topological polar surface area (TPSA) is 78.9 Å². The van der Waals surface area contributed by atoms with Crippen molar-refractivity contribution < 1.29 is 28.6 Å². The van der Waals surface area contributed by atoms with E-state index in [1.54, 1.807) is 0 Å². The summed E-state index contributed by atoms with van der Waals surface area (Å²) in [5.74, 6) is 0.774. The Hall–Kier alpha value is -1.59. The summed E-state index contributed by atoms with van der Waals surface area (Å²) in [6, 6.07) is 0. The Morgan fingerprint density at radius 1 is 0.328 bits per heavy atom. The molecule has 0 amide bonds. The van der Waals surface area contributed by atoms with Crippen molar-refractivity contribution in [3.8, 4) is 0 Å². The van der Waals surface area contributed by atoms with E-state index < -0.39 is 6.10 Å². The highest BCUT2D eigenvalue weighted by molar-refractivity contribution is 5.71. The summed E-state index contributed by atoms with van der Waals surface area (Å²) in [6.45, 7) is 11.3. The first-order valence-electron chi connectivity index (χ1n) is 25.7. The summed E-state index contributed by atoms with van der Waals surface area (Å²) >= 11 is 0. The number of carbonyl (C=O) groups excluding carboxylic acids is 3. The molecule has 0 aromatic carbocycles. The maximum Gasteiger partial charge on any atom is 0.306 e. The van der Waals surface area contributed by atoms with Crippen molar-refractivity contribution in [3.63, 3.8) is 0 Å². The van der Waals surface area contributed by atoms with Gasteiger partial charge in [-0.05, 0) is 31.1 Å². The van der Waals surface area contributed by atoms with Gasteiger partial charge in [0.15, 0.2) is 6.10 Å². The van der Waals surface area contributed by atoms with Crippen LogP contribution in [-0.2, 0) is 28.6 Å². The van der Waals surface area contributed by atoms with Gasteiger partial charge in [0.2, 0.25) is 0 Å². The summed E-state index contributed by atoms with van der Waals surface area (Å²) in [4.78, 5) is 37.9. The van der Waals surface area contributed by atoms with Crippen LogP contribution in [0, 0.1) is 11.8 Å². The maximum absolute atomic E-state index is 12.8. The van der Waals surface area contributed by atoms with Gasteiger partial charge < -0.3 is 14.2 Å². The molecule has 0 aliphatic heterocycles. The molecule has 0 aromatic heterocycles. The van der Waals surface area contributed by atoms with E-state index in [1.165, 1.54) is 173 Å². The number of carbonyl (C=O) groups is 3. The normalized spacial score (nSPS) is 12.1. The lowest BCUT2D eigenvalue weighted by Gasteiger charge is -2.18. The number of esters is 3. The van der Waals surface area contributed by atoms with E-state index >= 15 is 0 Å². The quantitative estimate of drug-likeness (QED) is 0.0346. The molecular weight excluding hydrogens is 721 g/mol. The van der Waals surface area contributed by atoms with Gasteiger partial charge in [-0.2, -0.15) is 0 Å². The van der Waals surface area contributed by atoms with Crippen molar-refractivity contribution in [2.45, 2.75) is 291 Å². The van der Waals surface area contributed by atoms with Crippen LogP contribution in [0.4, 0.5) is 0 Å². The van der Waals surface area contributed by atoms with Crippen molar-refractivity contribution in [1.29, 1.82) is 0 Å². The molecule has 0 aromatic rings. The van der Waals surface area contributed by atoms with Crippen molar-refractivity contribution in [3.05, 3.63) is 0 Å². The molecule has 0 saturated heterocycles. The van der Waals surface area contributed by atoms with Crippen LogP contribution in [0.3, 0.4) is 0 Å². The highest BCUT2D eigenvalue weighted by Gasteiger charge is 2.19. The molecule has 0 unspecified atom stereocenters. The zero-order chi connectivity index (χ0) is 42.6. The summed E-state index contributed by atoms with van der Waals surface area (Å²) in [7, 11) is 0. The Balaban J connectivity index is 4.29. The van der Waals surface area contributed by atoms with E-state index in [0.29, 0.717) is 19.3 Å². The summed E-state index contributed by atoms with van der Waals surface area (Å²) in [5, 5.41) is 0. The summed E-state index contributed by atoms with van der Waals surface area (Å²) in [6.07, 6.45) is 45.2. The fourth-order valence-electron chi connectivity index (χ4n) is 7.81. The highest BCUT2D eigenvalue weighted by Crippen LogP contribution is 2.17. The van der Waals surface area contributed by atoms with Gasteiger partial charge in [0, 0.05) is 19.3 Å². The SMILES string of the molecule is CCCCCCCCCCCCCCCC(=O)OC[C@@H](COC(=O)CCCCCCCCCC(C)C)OC(=O)CCCCCCCCCCCCCCCCC(C)C. The van der Waals surface area contributed by atoms with Crippen molar-refractivity contribution in [2.24, 2.45) is 11.8 Å². The fraction of sp³-hybridized carbons (Fsp3) is 0.942. The van der Waals surface area contributed by atoms with Gasteiger partial charge in [-0.3, -0.25) is 14.4 Å². The molecule has 0 fully saturated rings. The first-order valence-corrected chi connectivity index (χ1v) is 25.7. The van der Waals surface area contributed by atoms with Gasteiger partial charge in [-0.15, -0.1) is 0 Å². The fourth-order valence-corrected chi connectivity index (χ4v) is 7.81. The monoisotopic (exact) mass is 821 g/mol. The van der Waals surface area contributed by atoms with Gasteiger partial charge in [-0.1, -0.05) is 247 Å². The molecule has 0 rings (SSSR count). The van der Waals surface area contributed by atoms with Gasteiger partial charge >= 0.3 is 17.9 Å². The van der Waals surface area contributed by atoms with E-state index in [-0.39, 0.29) is 31.1 Å². The molecule has 0 saturated carbocycles. The predicted molar refractivity (Wildman–Crippen MR) is 247 cm³/mol. The Morgan fingerprint density at radius 2 is 0.569 bits per heavy atom. The van der Waals surface area contributed by atoms with E-state index in [0.717, 1.165) is 69.6 Å². The van der Waals surface area contributed by atoms with E-state index in [1.807, 2.05) is 0 Å². The molecule has 58 heavy (non-hydrogen) atoms. The number of hydrogen-bond acceptors (Lipinski definition) is 6. The second kappa shape index (κ2) is 44.9. The molecule has 0 radical (unpaired) electrons. The lowest BCUT2D eigenvalue weighted by Crippen LogP contribution is -2.30. The standard InChI is InChI=1S/C52H100O6/c1-6-7-8-9-10-11-12-15-19-22-27-32-37-42-50(53)56-45-49(46-57-51(54)43-38-33-29-24-26-31-36-41-48(4)5)58-52(55)44-39-34-28-23-20-17-14-13-16-18-21-25-30-35-40-47(2)3/h47-49H,6-46H2,1-5H3/t49-/m0/s1. The summed E-state index contributed by atoms with van der Waals surface area (Å²) in [5.41, 5.74) is 0. The minimum Gasteiger partial charge on any atom is -0.462 e. The van der Waals surface area contributed by atoms with Crippen molar-refractivity contribution >= 4 is 17.9 Å². The van der Waals surface area contributed by atoms with Crippen LogP contribution in [0.5, 0.6) is 0 Å². The van der Waals surface area contributed by atoms with Gasteiger partial charge in [-0.25, -0.2) is 0 Å². The number of hydrogen-bond donors (Lipinski definition) is 0. The first-order chi connectivity index (χ1) is 28.2. The average Bonchev–Trinajstić information content (AvgIpc) is 3.19. The van der Waals surface area contributed by atoms with Crippen molar-refractivity contribution in [1.82, 2.24) is 0 Å². The van der Waals surface area contributed by atoms with Crippen LogP contribution in [0.15, 0.2) is 0 Å². The van der Waals surface area contributed by atoms with E-state index in [2.05, 4.69) is 34.6 Å². The van der Waals surface area contributed by atoms with Gasteiger partial charge in [0.1, 0.15) is 13.2 Å². The minimum absolute atomic E-state index is 0.0641. The zero-order valence-electron chi connectivity index (χ0n) is 39.7. The molecule has 0 heterocycles. The third-order valence-electron chi connectivity index (χ3n) is 11.7. The Bertz CT molecular complexity index is 885. The molecule has 1 atom stereocenters. The van der Waals surface area contributed by atoms with Crippen LogP contribution >= 0.6 is 0 Å². The second-order valence-electron chi connectivity index (χ2n) is 18.8. The number of unbranched alkanes of at least 4 members (excludes halogenated alkanes) is 31. The van der Waals surface area contributed by atoms with Crippen LogP contribution < -0.4 is 0 Å². The van der Waals surface area contributed by atoms with Crippen LogP contribution in [-0.4, -0.2) is 37.2 Å². The molecule has 0 spiro atoms. The highest BCUT2D eigenvalue weighted by atomic mass is 16.6. The molecule has 0 bridgehead atoms. The average molecular weight is 821 g/mol. The molecule has 0 N–H and O–H groups in total.